The maximum absolute atomic E-state index is 12.5. The number of hydrogen-bond donors (Lipinski definition) is 2. The van der Waals surface area contributed by atoms with E-state index in [1.165, 1.54) is 0 Å². The first-order valence-corrected chi connectivity index (χ1v) is 10.9. The van der Waals surface area contributed by atoms with Crippen molar-refractivity contribution in [2.75, 3.05) is 13.1 Å². The van der Waals surface area contributed by atoms with Crippen LogP contribution >= 0.6 is 11.3 Å². The zero-order chi connectivity index (χ0) is 19.9. The lowest BCUT2D eigenvalue weighted by atomic mass is 9.77. The number of aliphatic hydroxyl groups is 1. The summed E-state index contributed by atoms with van der Waals surface area (Å²) in [5, 5.41) is 14.3. The Morgan fingerprint density at radius 3 is 2.68 bits per heavy atom. The van der Waals surface area contributed by atoms with Crippen molar-refractivity contribution in [2.45, 2.75) is 64.2 Å². The van der Waals surface area contributed by atoms with Crippen LogP contribution in [0, 0.1) is 12.8 Å². The van der Waals surface area contributed by atoms with E-state index in [1.807, 2.05) is 32.9 Å². The number of nitrogens with one attached hydrogen (secondary N) is 1. The second-order valence-corrected chi connectivity index (χ2v) is 9.87. The van der Waals surface area contributed by atoms with Gasteiger partial charge in [-0.3, -0.25) is 0 Å². The second kappa shape index (κ2) is 7.52. The predicted molar refractivity (Wildman–Crippen MR) is 111 cm³/mol. The Morgan fingerprint density at radius 2 is 2.00 bits per heavy atom. The summed E-state index contributed by atoms with van der Waals surface area (Å²) >= 11 is 1.66. The Morgan fingerprint density at radius 1 is 1.29 bits per heavy atom. The number of thiazole rings is 1. The van der Waals surface area contributed by atoms with Crippen LogP contribution in [0.2, 0.25) is 0 Å². The molecule has 1 saturated carbocycles. The summed E-state index contributed by atoms with van der Waals surface area (Å²) in [6.45, 7) is 6.96. The summed E-state index contributed by atoms with van der Waals surface area (Å²) < 4.78 is 7.22. The van der Waals surface area contributed by atoms with Crippen LogP contribution in [0.25, 0.3) is 10.2 Å². The Bertz CT molecular complexity index is 846. The molecule has 0 unspecified atom stereocenters. The van der Waals surface area contributed by atoms with Gasteiger partial charge in [-0.25, -0.2) is 9.78 Å². The van der Waals surface area contributed by atoms with E-state index in [0.717, 1.165) is 46.7 Å². The van der Waals surface area contributed by atoms with Crippen LogP contribution in [0.1, 0.15) is 44.5 Å². The molecule has 4 rings (SSSR count). The Hall–Kier alpha value is -1.86. The molecule has 0 radical (unpaired) electrons. The van der Waals surface area contributed by atoms with Crippen LogP contribution < -0.4 is 10.1 Å². The van der Waals surface area contributed by atoms with Crippen LogP contribution in [-0.4, -0.2) is 51.9 Å². The van der Waals surface area contributed by atoms with E-state index >= 15 is 0 Å². The minimum atomic E-state index is -0.629. The lowest BCUT2D eigenvalue weighted by Crippen LogP contribution is -2.60. The normalized spacial score (nSPS) is 23.5. The molecule has 2 aliphatic rings. The van der Waals surface area contributed by atoms with Gasteiger partial charge in [0.25, 0.3) is 0 Å². The molecule has 2 heterocycles. The molecule has 6 nitrogen and oxygen atoms in total. The molecule has 28 heavy (non-hydrogen) atoms. The third-order valence-electron chi connectivity index (χ3n) is 5.97. The fraction of sp³-hybridized carbons (Fsp3) is 0.619. The van der Waals surface area contributed by atoms with Crippen molar-refractivity contribution >= 4 is 27.6 Å². The number of ether oxygens (including phenoxy) is 1. The van der Waals surface area contributed by atoms with Gasteiger partial charge >= 0.3 is 6.03 Å². The SMILES string of the molecule is Cc1nc2c(OC3CN(C(=O)NC4CCC(C(C)(C)O)CC4)C3)cccc2s1. The summed E-state index contributed by atoms with van der Waals surface area (Å²) in [5.41, 5.74) is 0.284. The van der Waals surface area contributed by atoms with E-state index in [1.54, 1.807) is 16.2 Å². The number of aryl methyl sites for hydroxylation is 1. The number of fused-ring (bicyclic) bond motifs is 1. The first-order chi connectivity index (χ1) is 13.3. The van der Waals surface area contributed by atoms with Gasteiger partial charge in [0, 0.05) is 6.04 Å². The van der Waals surface area contributed by atoms with Crippen LogP contribution in [0.15, 0.2) is 18.2 Å². The molecular weight excluding hydrogens is 374 g/mol. The molecule has 2 N–H and O–H groups in total. The highest BCUT2D eigenvalue weighted by Gasteiger charge is 2.36. The van der Waals surface area contributed by atoms with Gasteiger partial charge in [0.05, 0.1) is 28.4 Å². The smallest absolute Gasteiger partial charge is 0.317 e. The number of urea groups is 1. The maximum atomic E-state index is 12.5. The topological polar surface area (TPSA) is 74.7 Å². The van der Waals surface area contributed by atoms with Crippen LogP contribution in [0.5, 0.6) is 5.75 Å². The first-order valence-electron chi connectivity index (χ1n) is 10.1. The standard InChI is InChI=1S/C21H29N3O3S/c1-13-22-19-17(5-4-6-18(19)28-13)27-16-11-24(12-16)20(25)23-15-9-7-14(8-10-15)21(2,3)26/h4-6,14-16,26H,7-12H2,1-3H3,(H,23,25). The van der Waals surface area contributed by atoms with Crippen LogP contribution in [-0.2, 0) is 0 Å². The molecule has 1 aliphatic heterocycles. The molecular formula is C21H29N3O3S. The molecule has 1 aromatic heterocycles. The summed E-state index contributed by atoms with van der Waals surface area (Å²) in [6, 6.07) is 6.19. The first kappa shape index (κ1) is 19.5. The summed E-state index contributed by atoms with van der Waals surface area (Å²) in [6.07, 6.45) is 3.79. The number of rotatable bonds is 4. The fourth-order valence-electron chi connectivity index (χ4n) is 4.20. The summed E-state index contributed by atoms with van der Waals surface area (Å²) in [5.74, 6) is 1.12. The van der Waals surface area contributed by atoms with Gasteiger partial charge < -0.3 is 20.1 Å². The number of nitrogens with zero attached hydrogens (tertiary/aromatic N) is 2. The van der Waals surface area contributed by atoms with Gasteiger partial charge in [-0.05, 0) is 64.5 Å². The summed E-state index contributed by atoms with van der Waals surface area (Å²) in [7, 11) is 0. The monoisotopic (exact) mass is 403 g/mol. The average Bonchev–Trinajstić information content (AvgIpc) is 2.98. The lowest BCUT2D eigenvalue weighted by molar-refractivity contribution is -0.00326. The number of carbonyl (C=O) groups is 1. The largest absolute Gasteiger partial charge is 0.484 e. The Labute approximate surface area is 169 Å². The van der Waals surface area contributed by atoms with E-state index < -0.39 is 5.60 Å². The highest BCUT2D eigenvalue weighted by Crippen LogP contribution is 2.33. The molecule has 1 aliphatic carbocycles. The summed E-state index contributed by atoms with van der Waals surface area (Å²) in [4.78, 5) is 18.9. The minimum absolute atomic E-state index is 0.00531. The fourth-order valence-corrected chi connectivity index (χ4v) is 5.04. The van der Waals surface area contributed by atoms with E-state index in [0.29, 0.717) is 19.0 Å². The van der Waals surface area contributed by atoms with Crippen LogP contribution in [0.3, 0.4) is 0 Å². The number of carbonyl (C=O) groups excluding carboxylic acids is 1. The third-order valence-corrected chi connectivity index (χ3v) is 6.91. The number of amides is 2. The van der Waals surface area contributed by atoms with Gasteiger partial charge in [0.15, 0.2) is 0 Å². The van der Waals surface area contributed by atoms with Gasteiger partial charge in [-0.1, -0.05) is 6.07 Å². The number of likely N-dealkylation sites (tertiary alicyclic amines) is 1. The van der Waals surface area contributed by atoms with Crippen LogP contribution in [0.4, 0.5) is 4.79 Å². The van der Waals surface area contributed by atoms with Gasteiger partial charge in [-0.15, -0.1) is 11.3 Å². The number of para-hydroxylation sites is 1. The predicted octanol–water partition coefficient (Wildman–Crippen LogP) is 3.71. The van der Waals surface area contributed by atoms with Crippen molar-refractivity contribution in [3.8, 4) is 5.75 Å². The van der Waals surface area contributed by atoms with Crippen molar-refractivity contribution in [1.29, 1.82) is 0 Å². The minimum Gasteiger partial charge on any atom is -0.484 e. The number of aromatic nitrogens is 1. The quantitative estimate of drug-likeness (QED) is 0.816. The van der Waals surface area contributed by atoms with Crippen molar-refractivity contribution in [3.05, 3.63) is 23.2 Å². The van der Waals surface area contributed by atoms with Gasteiger partial charge in [-0.2, -0.15) is 0 Å². The highest BCUT2D eigenvalue weighted by atomic mass is 32.1. The second-order valence-electron chi connectivity index (χ2n) is 8.63. The number of hydrogen-bond acceptors (Lipinski definition) is 5. The van der Waals surface area contributed by atoms with Gasteiger partial charge in [0.1, 0.15) is 17.4 Å². The Balaban J connectivity index is 1.24. The number of benzene rings is 1. The molecule has 0 bridgehead atoms. The van der Waals surface area contributed by atoms with Crippen molar-refractivity contribution in [3.63, 3.8) is 0 Å². The maximum Gasteiger partial charge on any atom is 0.317 e. The van der Waals surface area contributed by atoms with E-state index in [9.17, 15) is 9.90 Å². The zero-order valence-corrected chi connectivity index (χ0v) is 17.6. The van der Waals surface area contributed by atoms with Crippen molar-refractivity contribution in [1.82, 2.24) is 15.2 Å². The molecule has 152 valence electrons. The van der Waals surface area contributed by atoms with E-state index in [4.69, 9.17) is 4.74 Å². The van der Waals surface area contributed by atoms with Crippen molar-refractivity contribution in [2.24, 2.45) is 5.92 Å². The molecule has 2 amide bonds. The van der Waals surface area contributed by atoms with E-state index in [-0.39, 0.29) is 18.2 Å². The molecule has 0 spiro atoms. The molecule has 2 fully saturated rings. The molecule has 0 atom stereocenters. The van der Waals surface area contributed by atoms with Gasteiger partial charge in [0.2, 0.25) is 0 Å². The molecule has 1 aromatic carbocycles. The highest BCUT2D eigenvalue weighted by molar-refractivity contribution is 7.18. The zero-order valence-electron chi connectivity index (χ0n) is 16.8. The van der Waals surface area contributed by atoms with E-state index in [2.05, 4.69) is 16.4 Å². The molecule has 2 aromatic rings. The Kier molecular flexibility index (Phi) is 5.22. The molecule has 1 saturated heterocycles. The average molecular weight is 404 g/mol. The van der Waals surface area contributed by atoms with Crippen molar-refractivity contribution < 1.29 is 14.6 Å². The molecule has 7 heteroatoms. The lowest BCUT2D eigenvalue weighted by Gasteiger charge is -2.41. The third kappa shape index (κ3) is 4.10.